The Morgan fingerprint density at radius 3 is 2.50 bits per heavy atom. The Labute approximate surface area is 110 Å². The summed E-state index contributed by atoms with van der Waals surface area (Å²) in [5.41, 5.74) is 7.69. The van der Waals surface area contributed by atoms with Crippen LogP contribution in [0.2, 0.25) is 0 Å². The van der Waals surface area contributed by atoms with Crippen LogP contribution >= 0.6 is 0 Å². The monoisotopic (exact) mass is 248 g/mol. The fraction of sp³-hybridized carbons (Fsp3) is 0.533. The van der Waals surface area contributed by atoms with E-state index in [4.69, 9.17) is 5.73 Å². The third kappa shape index (κ3) is 5.21. The molecular formula is C15H24N2O. The minimum atomic E-state index is -0.442. The highest BCUT2D eigenvalue weighted by Gasteiger charge is 2.11. The Bertz CT molecular complexity index is 359. The highest BCUT2D eigenvalue weighted by molar-refractivity contribution is 5.71. The standard InChI is InChI=1S/C15H24N2O/c1-3-4-5-6-14(11-17-15(16)18)13-9-7-12(2)8-10-13/h7-10,14H,3-6,11H2,1-2H3,(H3,16,17,18). The zero-order chi connectivity index (χ0) is 13.4. The Morgan fingerprint density at radius 1 is 1.28 bits per heavy atom. The average Bonchev–Trinajstić information content (AvgIpc) is 2.34. The summed E-state index contributed by atoms with van der Waals surface area (Å²) in [6, 6.07) is 8.09. The summed E-state index contributed by atoms with van der Waals surface area (Å²) < 4.78 is 0. The molecule has 18 heavy (non-hydrogen) atoms. The van der Waals surface area contributed by atoms with Crippen molar-refractivity contribution in [3.8, 4) is 0 Å². The number of hydrogen-bond acceptors (Lipinski definition) is 1. The lowest BCUT2D eigenvalue weighted by Crippen LogP contribution is -2.33. The molecule has 0 aliphatic heterocycles. The van der Waals surface area contributed by atoms with E-state index in [0.29, 0.717) is 12.5 Å². The van der Waals surface area contributed by atoms with E-state index in [9.17, 15) is 4.79 Å². The third-order valence-corrected chi connectivity index (χ3v) is 3.23. The first-order chi connectivity index (χ1) is 8.63. The van der Waals surface area contributed by atoms with E-state index in [0.717, 1.165) is 6.42 Å². The number of nitrogens with one attached hydrogen (secondary N) is 1. The second kappa shape index (κ2) is 7.75. The van der Waals surface area contributed by atoms with E-state index in [1.54, 1.807) is 0 Å². The molecule has 0 heterocycles. The van der Waals surface area contributed by atoms with E-state index in [-0.39, 0.29) is 0 Å². The van der Waals surface area contributed by atoms with Crippen molar-refractivity contribution in [1.82, 2.24) is 5.32 Å². The maximum Gasteiger partial charge on any atom is 0.312 e. The zero-order valence-electron chi connectivity index (χ0n) is 11.4. The highest BCUT2D eigenvalue weighted by Crippen LogP contribution is 2.22. The van der Waals surface area contributed by atoms with Crippen molar-refractivity contribution < 1.29 is 4.79 Å². The molecule has 3 N–H and O–H groups in total. The lowest BCUT2D eigenvalue weighted by molar-refractivity contribution is 0.248. The molecule has 0 saturated heterocycles. The van der Waals surface area contributed by atoms with Crippen LogP contribution in [0.4, 0.5) is 4.79 Å². The van der Waals surface area contributed by atoms with Crippen molar-refractivity contribution in [2.45, 2.75) is 45.4 Å². The van der Waals surface area contributed by atoms with Crippen molar-refractivity contribution in [2.75, 3.05) is 6.54 Å². The van der Waals surface area contributed by atoms with E-state index < -0.39 is 6.03 Å². The summed E-state index contributed by atoms with van der Waals surface area (Å²) in [4.78, 5) is 10.8. The maximum atomic E-state index is 10.8. The first-order valence-electron chi connectivity index (χ1n) is 6.73. The summed E-state index contributed by atoms with van der Waals surface area (Å²) in [6.07, 6.45) is 4.73. The van der Waals surface area contributed by atoms with Gasteiger partial charge in [0.25, 0.3) is 0 Å². The van der Waals surface area contributed by atoms with Gasteiger partial charge >= 0.3 is 6.03 Å². The van der Waals surface area contributed by atoms with E-state index in [1.807, 2.05) is 0 Å². The van der Waals surface area contributed by atoms with Crippen LogP contribution in [-0.4, -0.2) is 12.6 Å². The molecule has 1 aromatic carbocycles. The Hall–Kier alpha value is -1.51. The number of benzene rings is 1. The normalized spacial score (nSPS) is 12.1. The van der Waals surface area contributed by atoms with Gasteiger partial charge in [0.05, 0.1) is 0 Å². The third-order valence-electron chi connectivity index (χ3n) is 3.23. The molecule has 1 rings (SSSR count). The molecule has 3 heteroatoms. The summed E-state index contributed by atoms with van der Waals surface area (Å²) in [5, 5.41) is 2.72. The lowest BCUT2D eigenvalue weighted by Gasteiger charge is -2.17. The van der Waals surface area contributed by atoms with Crippen LogP contribution in [0.5, 0.6) is 0 Å². The number of amides is 2. The van der Waals surface area contributed by atoms with Crippen LogP contribution in [0.15, 0.2) is 24.3 Å². The second-order valence-corrected chi connectivity index (χ2v) is 4.85. The second-order valence-electron chi connectivity index (χ2n) is 4.85. The van der Waals surface area contributed by atoms with Gasteiger partial charge in [-0.25, -0.2) is 4.79 Å². The van der Waals surface area contributed by atoms with Gasteiger partial charge in [0, 0.05) is 12.5 Å². The number of unbranched alkanes of at least 4 members (excludes halogenated alkanes) is 2. The smallest absolute Gasteiger partial charge is 0.312 e. The quantitative estimate of drug-likeness (QED) is 0.714. The van der Waals surface area contributed by atoms with Crippen molar-refractivity contribution in [1.29, 1.82) is 0 Å². The fourth-order valence-electron chi connectivity index (χ4n) is 2.09. The molecule has 1 atom stereocenters. The summed E-state index contributed by atoms with van der Waals surface area (Å²) in [6.45, 7) is 4.90. The minimum Gasteiger partial charge on any atom is -0.352 e. The zero-order valence-corrected chi connectivity index (χ0v) is 11.4. The summed E-state index contributed by atoms with van der Waals surface area (Å²) >= 11 is 0. The molecule has 0 fully saturated rings. The Kier molecular flexibility index (Phi) is 6.26. The highest BCUT2D eigenvalue weighted by atomic mass is 16.2. The molecule has 0 bridgehead atoms. The SMILES string of the molecule is CCCCCC(CNC(N)=O)c1ccc(C)cc1. The molecule has 0 radical (unpaired) electrons. The van der Waals surface area contributed by atoms with Crippen molar-refractivity contribution in [3.05, 3.63) is 35.4 Å². The maximum absolute atomic E-state index is 10.8. The van der Waals surface area contributed by atoms with Crippen LogP contribution in [0, 0.1) is 6.92 Å². The predicted octanol–water partition coefficient (Wildman–Crippen LogP) is 3.33. The van der Waals surface area contributed by atoms with Gasteiger partial charge < -0.3 is 11.1 Å². The molecule has 0 aliphatic rings. The summed E-state index contributed by atoms with van der Waals surface area (Å²) in [7, 11) is 0. The number of aryl methyl sites for hydroxylation is 1. The van der Waals surface area contributed by atoms with Gasteiger partial charge in [-0.2, -0.15) is 0 Å². The van der Waals surface area contributed by atoms with Crippen LogP contribution < -0.4 is 11.1 Å². The van der Waals surface area contributed by atoms with Gasteiger partial charge in [-0.15, -0.1) is 0 Å². The van der Waals surface area contributed by atoms with Crippen molar-refractivity contribution in [2.24, 2.45) is 5.73 Å². The lowest BCUT2D eigenvalue weighted by atomic mass is 9.92. The van der Waals surface area contributed by atoms with Gasteiger partial charge in [0.1, 0.15) is 0 Å². The topological polar surface area (TPSA) is 55.1 Å². The largest absolute Gasteiger partial charge is 0.352 e. The molecule has 2 amide bonds. The van der Waals surface area contributed by atoms with Gasteiger partial charge in [-0.3, -0.25) is 0 Å². The van der Waals surface area contributed by atoms with Gasteiger partial charge in [0.15, 0.2) is 0 Å². The van der Waals surface area contributed by atoms with Crippen molar-refractivity contribution in [3.63, 3.8) is 0 Å². The van der Waals surface area contributed by atoms with Gasteiger partial charge in [0.2, 0.25) is 0 Å². The molecule has 0 saturated carbocycles. The molecule has 1 aromatic rings. The molecule has 100 valence electrons. The Morgan fingerprint density at radius 2 is 1.94 bits per heavy atom. The molecule has 3 nitrogen and oxygen atoms in total. The fourth-order valence-corrected chi connectivity index (χ4v) is 2.09. The number of rotatable bonds is 7. The van der Waals surface area contributed by atoms with Crippen LogP contribution in [0.1, 0.15) is 49.7 Å². The minimum absolute atomic E-state index is 0.365. The molecular weight excluding hydrogens is 224 g/mol. The molecule has 0 aromatic heterocycles. The Balaban J connectivity index is 2.62. The number of carbonyl (C=O) groups excluding carboxylic acids is 1. The van der Waals surface area contributed by atoms with E-state index in [2.05, 4.69) is 43.4 Å². The number of carbonyl (C=O) groups is 1. The van der Waals surface area contributed by atoms with Crippen LogP contribution in [0.25, 0.3) is 0 Å². The number of urea groups is 1. The average molecular weight is 248 g/mol. The summed E-state index contributed by atoms with van der Waals surface area (Å²) in [5.74, 6) is 0.365. The first kappa shape index (κ1) is 14.6. The van der Waals surface area contributed by atoms with E-state index >= 15 is 0 Å². The van der Waals surface area contributed by atoms with E-state index in [1.165, 1.54) is 30.4 Å². The number of primary amides is 1. The van der Waals surface area contributed by atoms with Gasteiger partial charge in [-0.05, 0) is 18.9 Å². The van der Waals surface area contributed by atoms with Gasteiger partial charge in [-0.1, -0.05) is 56.0 Å². The predicted molar refractivity (Wildman–Crippen MR) is 75.6 cm³/mol. The van der Waals surface area contributed by atoms with Crippen molar-refractivity contribution >= 4 is 6.03 Å². The molecule has 0 aliphatic carbocycles. The number of hydrogen-bond donors (Lipinski definition) is 2. The van der Waals surface area contributed by atoms with Crippen LogP contribution in [0.3, 0.4) is 0 Å². The van der Waals surface area contributed by atoms with Crippen LogP contribution in [-0.2, 0) is 0 Å². The molecule has 1 unspecified atom stereocenters. The molecule has 0 spiro atoms. The first-order valence-corrected chi connectivity index (χ1v) is 6.73. The number of nitrogens with two attached hydrogens (primary N) is 1.